The van der Waals surface area contributed by atoms with E-state index in [1.807, 2.05) is 13.8 Å². The molecule has 0 aromatic heterocycles. The van der Waals surface area contributed by atoms with Crippen LogP contribution in [0.2, 0.25) is 0 Å². The van der Waals surface area contributed by atoms with E-state index >= 15 is 0 Å². The lowest BCUT2D eigenvalue weighted by atomic mass is 10.2. The molecule has 0 aromatic carbocycles. The van der Waals surface area contributed by atoms with Gasteiger partial charge in [-0.15, -0.1) is 6.42 Å². The molecule has 1 amide bonds. The highest BCUT2D eigenvalue weighted by molar-refractivity contribution is 5.78. The summed E-state index contributed by atoms with van der Waals surface area (Å²) < 4.78 is 0. The highest BCUT2D eigenvalue weighted by Crippen LogP contribution is 1.91. The maximum absolute atomic E-state index is 10.9. The summed E-state index contributed by atoms with van der Waals surface area (Å²) in [5.41, 5.74) is 0. The first-order valence-corrected chi connectivity index (χ1v) is 3.34. The van der Waals surface area contributed by atoms with Crippen LogP contribution in [0.4, 0.5) is 0 Å². The SMILES string of the molecule is C#CC(C)NC(=O)C(C)C. The Hall–Kier alpha value is -0.970. The van der Waals surface area contributed by atoms with E-state index in [0.29, 0.717) is 0 Å². The molecule has 0 radical (unpaired) electrons. The van der Waals surface area contributed by atoms with E-state index in [1.54, 1.807) is 6.92 Å². The largest absolute Gasteiger partial charge is 0.343 e. The summed E-state index contributed by atoms with van der Waals surface area (Å²) in [5.74, 6) is 2.43. The van der Waals surface area contributed by atoms with E-state index in [4.69, 9.17) is 6.42 Å². The first-order valence-electron chi connectivity index (χ1n) is 3.34. The van der Waals surface area contributed by atoms with Crippen LogP contribution < -0.4 is 5.32 Å². The molecule has 0 fully saturated rings. The van der Waals surface area contributed by atoms with Crippen molar-refractivity contribution >= 4 is 5.91 Å². The zero-order valence-corrected chi connectivity index (χ0v) is 6.64. The average Bonchev–Trinajstić information content (AvgIpc) is 1.87. The van der Waals surface area contributed by atoms with Gasteiger partial charge in [-0.1, -0.05) is 19.8 Å². The van der Waals surface area contributed by atoms with E-state index in [-0.39, 0.29) is 17.9 Å². The number of amides is 1. The number of nitrogens with one attached hydrogen (secondary N) is 1. The Kier molecular flexibility index (Phi) is 3.56. The molecule has 1 unspecified atom stereocenters. The first kappa shape index (κ1) is 9.03. The Morgan fingerprint density at radius 2 is 2.00 bits per heavy atom. The Labute approximate surface area is 62.0 Å². The van der Waals surface area contributed by atoms with Gasteiger partial charge in [0, 0.05) is 5.92 Å². The fraction of sp³-hybridized carbons (Fsp3) is 0.625. The Balaban J connectivity index is 3.71. The summed E-state index contributed by atoms with van der Waals surface area (Å²) in [7, 11) is 0. The van der Waals surface area contributed by atoms with E-state index in [9.17, 15) is 4.79 Å². The molecule has 2 nitrogen and oxygen atoms in total. The van der Waals surface area contributed by atoms with Crippen LogP contribution in [0.25, 0.3) is 0 Å². The average molecular weight is 139 g/mol. The van der Waals surface area contributed by atoms with Crippen LogP contribution in [0.5, 0.6) is 0 Å². The topological polar surface area (TPSA) is 29.1 Å². The molecular weight excluding hydrogens is 126 g/mol. The van der Waals surface area contributed by atoms with Crippen molar-refractivity contribution in [3.8, 4) is 12.3 Å². The third-order valence-corrected chi connectivity index (χ3v) is 1.13. The van der Waals surface area contributed by atoms with Crippen molar-refractivity contribution in [3.05, 3.63) is 0 Å². The zero-order chi connectivity index (χ0) is 8.15. The van der Waals surface area contributed by atoms with Crippen molar-refractivity contribution in [2.24, 2.45) is 5.92 Å². The van der Waals surface area contributed by atoms with Crippen LogP contribution in [0, 0.1) is 18.3 Å². The third kappa shape index (κ3) is 3.13. The standard InChI is InChI=1S/C8H13NO/c1-5-7(4)9-8(10)6(2)3/h1,6-7H,2-4H3,(H,9,10). The molecule has 0 heterocycles. The molecule has 0 saturated carbocycles. The maximum atomic E-state index is 10.9. The molecule has 0 aliphatic carbocycles. The van der Waals surface area contributed by atoms with E-state index in [0.717, 1.165) is 0 Å². The third-order valence-electron chi connectivity index (χ3n) is 1.13. The minimum absolute atomic E-state index is 0.00505. The van der Waals surface area contributed by atoms with Crippen molar-refractivity contribution in [1.82, 2.24) is 5.32 Å². The maximum Gasteiger partial charge on any atom is 0.223 e. The second kappa shape index (κ2) is 3.94. The van der Waals surface area contributed by atoms with Crippen LogP contribution >= 0.6 is 0 Å². The summed E-state index contributed by atoms with van der Waals surface area (Å²) in [6.45, 7) is 5.44. The molecule has 56 valence electrons. The predicted molar refractivity (Wildman–Crippen MR) is 41.3 cm³/mol. The van der Waals surface area contributed by atoms with Gasteiger partial charge in [0.1, 0.15) is 0 Å². The summed E-state index contributed by atoms with van der Waals surface area (Å²) in [4.78, 5) is 10.9. The van der Waals surface area contributed by atoms with Crippen LogP contribution in [0.15, 0.2) is 0 Å². The molecule has 0 spiro atoms. The summed E-state index contributed by atoms with van der Waals surface area (Å²) in [6, 6.07) is -0.158. The minimum atomic E-state index is -0.158. The van der Waals surface area contributed by atoms with Crippen molar-refractivity contribution < 1.29 is 4.79 Å². The highest BCUT2D eigenvalue weighted by atomic mass is 16.1. The fourth-order valence-corrected chi connectivity index (χ4v) is 0.422. The lowest BCUT2D eigenvalue weighted by molar-refractivity contribution is -0.124. The van der Waals surface area contributed by atoms with Gasteiger partial charge in [0.25, 0.3) is 0 Å². The van der Waals surface area contributed by atoms with Gasteiger partial charge in [-0.3, -0.25) is 4.79 Å². The van der Waals surface area contributed by atoms with Crippen molar-refractivity contribution in [3.63, 3.8) is 0 Å². The second-order valence-electron chi connectivity index (χ2n) is 2.55. The Morgan fingerprint density at radius 3 is 2.30 bits per heavy atom. The highest BCUT2D eigenvalue weighted by Gasteiger charge is 2.07. The van der Waals surface area contributed by atoms with Gasteiger partial charge in [-0.2, -0.15) is 0 Å². The number of hydrogen-bond donors (Lipinski definition) is 1. The summed E-state index contributed by atoms with van der Waals surface area (Å²) in [6.07, 6.45) is 5.06. The van der Waals surface area contributed by atoms with Gasteiger partial charge >= 0.3 is 0 Å². The van der Waals surface area contributed by atoms with Gasteiger partial charge in [0.2, 0.25) is 5.91 Å². The van der Waals surface area contributed by atoms with Gasteiger partial charge in [0.05, 0.1) is 6.04 Å². The monoisotopic (exact) mass is 139 g/mol. The normalized spacial score (nSPS) is 12.3. The Bertz CT molecular complexity index is 155. The fourth-order valence-electron chi connectivity index (χ4n) is 0.422. The number of hydrogen-bond acceptors (Lipinski definition) is 1. The molecule has 0 rings (SSSR count). The van der Waals surface area contributed by atoms with Gasteiger partial charge < -0.3 is 5.32 Å². The van der Waals surface area contributed by atoms with Gasteiger partial charge in [-0.25, -0.2) is 0 Å². The lowest BCUT2D eigenvalue weighted by Crippen LogP contribution is -2.34. The molecular formula is C8H13NO. The molecule has 0 aromatic rings. The summed E-state index contributed by atoms with van der Waals surface area (Å²) in [5, 5.41) is 2.65. The smallest absolute Gasteiger partial charge is 0.223 e. The minimum Gasteiger partial charge on any atom is -0.343 e. The van der Waals surface area contributed by atoms with Crippen LogP contribution in [0.1, 0.15) is 20.8 Å². The second-order valence-corrected chi connectivity index (χ2v) is 2.55. The van der Waals surface area contributed by atoms with E-state index in [2.05, 4.69) is 11.2 Å². The van der Waals surface area contributed by atoms with Gasteiger partial charge in [0.15, 0.2) is 0 Å². The molecule has 0 bridgehead atoms. The molecule has 0 saturated heterocycles. The lowest BCUT2D eigenvalue weighted by Gasteiger charge is -2.09. The van der Waals surface area contributed by atoms with E-state index < -0.39 is 0 Å². The molecule has 10 heavy (non-hydrogen) atoms. The number of terminal acetylenes is 1. The quantitative estimate of drug-likeness (QED) is 0.563. The zero-order valence-electron chi connectivity index (χ0n) is 6.64. The van der Waals surface area contributed by atoms with E-state index in [1.165, 1.54) is 0 Å². The van der Waals surface area contributed by atoms with Crippen molar-refractivity contribution in [1.29, 1.82) is 0 Å². The summed E-state index contributed by atoms with van der Waals surface area (Å²) >= 11 is 0. The van der Waals surface area contributed by atoms with Crippen molar-refractivity contribution in [2.45, 2.75) is 26.8 Å². The molecule has 2 heteroatoms. The number of rotatable bonds is 2. The van der Waals surface area contributed by atoms with Crippen LogP contribution in [0.3, 0.4) is 0 Å². The number of carbonyl (C=O) groups is 1. The predicted octanol–water partition coefficient (Wildman–Crippen LogP) is 0.780. The molecule has 1 N–H and O–H groups in total. The molecule has 0 aliphatic heterocycles. The number of carbonyl (C=O) groups excluding carboxylic acids is 1. The Morgan fingerprint density at radius 1 is 1.50 bits per heavy atom. The van der Waals surface area contributed by atoms with Crippen LogP contribution in [-0.4, -0.2) is 11.9 Å². The van der Waals surface area contributed by atoms with Gasteiger partial charge in [-0.05, 0) is 6.92 Å². The van der Waals surface area contributed by atoms with Crippen LogP contribution in [-0.2, 0) is 4.79 Å². The first-order chi connectivity index (χ1) is 4.57. The molecule has 1 atom stereocenters. The molecule has 0 aliphatic rings. The van der Waals surface area contributed by atoms with Crippen molar-refractivity contribution in [2.75, 3.05) is 0 Å².